The van der Waals surface area contributed by atoms with Crippen LogP contribution in [0.2, 0.25) is 0 Å². The van der Waals surface area contributed by atoms with Crippen LogP contribution in [0, 0.1) is 11.3 Å². The first-order chi connectivity index (χ1) is 11.8. The standard InChI is InChI=1S/C20H28N2O2.ClH/c23-19(18-13-20(18)8-10-21-11-9-20)22(15-17-7-4-12-24-17)14-16-5-2-1-3-6-16;/h1-3,5-6,17-18,21H,4,7-15H2;1H. The molecule has 1 spiro atoms. The second kappa shape index (κ2) is 8.07. The van der Waals surface area contributed by atoms with Crippen LogP contribution in [0.4, 0.5) is 0 Å². The molecule has 1 aliphatic carbocycles. The van der Waals surface area contributed by atoms with Gasteiger partial charge in [-0.25, -0.2) is 0 Å². The average molecular weight is 365 g/mol. The SMILES string of the molecule is Cl.O=C(C1CC12CCNCC2)N(Cc1ccccc1)CC1CCCO1. The maximum Gasteiger partial charge on any atom is 0.226 e. The van der Waals surface area contributed by atoms with Gasteiger partial charge in [0.05, 0.1) is 6.10 Å². The summed E-state index contributed by atoms with van der Waals surface area (Å²) in [6.45, 7) is 4.43. The summed E-state index contributed by atoms with van der Waals surface area (Å²) in [4.78, 5) is 15.3. The van der Waals surface area contributed by atoms with Crippen molar-refractivity contribution in [3.8, 4) is 0 Å². The highest BCUT2D eigenvalue weighted by Gasteiger charge is 2.58. The first kappa shape index (κ1) is 18.7. The summed E-state index contributed by atoms with van der Waals surface area (Å²) in [6.07, 6.45) is 5.82. The van der Waals surface area contributed by atoms with Gasteiger partial charge in [-0.3, -0.25) is 4.79 Å². The maximum absolute atomic E-state index is 13.2. The summed E-state index contributed by atoms with van der Waals surface area (Å²) in [5.41, 5.74) is 1.51. The van der Waals surface area contributed by atoms with Crippen molar-refractivity contribution in [2.45, 2.75) is 44.8 Å². The molecule has 2 heterocycles. The Morgan fingerprint density at radius 1 is 1.24 bits per heavy atom. The molecule has 138 valence electrons. The van der Waals surface area contributed by atoms with E-state index in [9.17, 15) is 4.79 Å². The van der Waals surface area contributed by atoms with Crippen LogP contribution in [0.15, 0.2) is 30.3 Å². The third-order valence-corrected chi connectivity index (χ3v) is 6.06. The molecule has 1 N–H and O–H groups in total. The molecule has 0 aromatic heterocycles. The van der Waals surface area contributed by atoms with Crippen LogP contribution in [-0.2, 0) is 16.1 Å². The number of ether oxygens (including phenoxy) is 1. The second-order valence-corrected chi connectivity index (χ2v) is 7.71. The summed E-state index contributed by atoms with van der Waals surface area (Å²) in [6, 6.07) is 10.4. The van der Waals surface area contributed by atoms with Gasteiger partial charge >= 0.3 is 0 Å². The zero-order valence-corrected chi connectivity index (χ0v) is 15.6. The average Bonchev–Trinajstić information content (AvgIpc) is 3.05. The molecule has 1 saturated carbocycles. The third kappa shape index (κ3) is 4.18. The summed E-state index contributed by atoms with van der Waals surface area (Å²) >= 11 is 0. The number of rotatable bonds is 5. The monoisotopic (exact) mass is 364 g/mol. The van der Waals surface area contributed by atoms with Gasteiger partial charge in [0, 0.05) is 25.6 Å². The van der Waals surface area contributed by atoms with Crippen LogP contribution in [0.25, 0.3) is 0 Å². The Morgan fingerprint density at radius 2 is 2.00 bits per heavy atom. The third-order valence-electron chi connectivity index (χ3n) is 6.06. The zero-order valence-electron chi connectivity index (χ0n) is 14.8. The molecule has 0 bridgehead atoms. The number of nitrogens with zero attached hydrogens (tertiary/aromatic N) is 1. The minimum absolute atomic E-state index is 0. The van der Waals surface area contributed by atoms with Gasteiger partial charge in [-0.15, -0.1) is 12.4 Å². The Bertz CT molecular complexity index is 568. The summed E-state index contributed by atoms with van der Waals surface area (Å²) in [5, 5.41) is 3.42. The van der Waals surface area contributed by atoms with E-state index in [1.165, 1.54) is 5.56 Å². The van der Waals surface area contributed by atoms with E-state index in [-0.39, 0.29) is 24.4 Å². The predicted octanol–water partition coefficient (Wildman–Crippen LogP) is 3.01. The molecular formula is C20H29ClN2O2. The molecule has 2 unspecified atom stereocenters. The molecule has 1 aromatic rings. The van der Waals surface area contributed by atoms with Gasteiger partial charge in [-0.2, -0.15) is 0 Å². The van der Waals surface area contributed by atoms with Gasteiger partial charge in [0.15, 0.2) is 0 Å². The molecule has 2 aliphatic heterocycles. The molecule has 3 fully saturated rings. The minimum atomic E-state index is 0. The molecule has 4 rings (SSSR count). The quantitative estimate of drug-likeness (QED) is 0.873. The lowest BCUT2D eigenvalue weighted by molar-refractivity contribution is -0.136. The molecule has 1 amide bonds. The van der Waals surface area contributed by atoms with E-state index in [2.05, 4.69) is 34.5 Å². The lowest BCUT2D eigenvalue weighted by Gasteiger charge is -2.28. The Kier molecular flexibility index (Phi) is 6.03. The normalized spacial score (nSPS) is 26.9. The maximum atomic E-state index is 13.2. The lowest BCUT2D eigenvalue weighted by atomic mass is 9.91. The van der Waals surface area contributed by atoms with Crippen molar-refractivity contribution >= 4 is 18.3 Å². The van der Waals surface area contributed by atoms with Crippen LogP contribution < -0.4 is 5.32 Å². The Labute approximate surface area is 156 Å². The van der Waals surface area contributed by atoms with Crippen molar-refractivity contribution in [2.75, 3.05) is 26.2 Å². The smallest absolute Gasteiger partial charge is 0.226 e. The number of halogens is 1. The highest BCUT2D eigenvalue weighted by molar-refractivity contribution is 5.85. The zero-order chi connectivity index (χ0) is 16.4. The number of hydrogen-bond acceptors (Lipinski definition) is 3. The number of piperidine rings is 1. The highest BCUT2D eigenvalue weighted by atomic mass is 35.5. The molecule has 1 aromatic carbocycles. The molecule has 0 radical (unpaired) electrons. The van der Waals surface area contributed by atoms with E-state index in [1.54, 1.807) is 0 Å². The van der Waals surface area contributed by atoms with Crippen LogP contribution in [0.5, 0.6) is 0 Å². The van der Waals surface area contributed by atoms with Crippen LogP contribution in [-0.4, -0.2) is 43.2 Å². The molecule has 3 aliphatic rings. The molecule has 25 heavy (non-hydrogen) atoms. The van der Waals surface area contributed by atoms with E-state index in [0.29, 0.717) is 17.9 Å². The van der Waals surface area contributed by atoms with Crippen molar-refractivity contribution in [2.24, 2.45) is 11.3 Å². The Balaban J connectivity index is 0.00000182. The summed E-state index contributed by atoms with van der Waals surface area (Å²) < 4.78 is 5.80. The molecular weight excluding hydrogens is 336 g/mol. The fraction of sp³-hybridized carbons (Fsp3) is 0.650. The molecule has 2 atom stereocenters. The van der Waals surface area contributed by atoms with Crippen molar-refractivity contribution in [3.05, 3.63) is 35.9 Å². The van der Waals surface area contributed by atoms with Gasteiger partial charge in [0.25, 0.3) is 0 Å². The minimum Gasteiger partial charge on any atom is -0.376 e. The molecule has 5 heteroatoms. The Hall–Kier alpha value is -1.10. The fourth-order valence-electron chi connectivity index (χ4n) is 4.46. The lowest BCUT2D eigenvalue weighted by Crippen LogP contribution is -2.40. The summed E-state index contributed by atoms with van der Waals surface area (Å²) in [5.74, 6) is 0.598. The van der Waals surface area contributed by atoms with E-state index in [0.717, 1.165) is 58.3 Å². The van der Waals surface area contributed by atoms with Crippen molar-refractivity contribution in [1.29, 1.82) is 0 Å². The van der Waals surface area contributed by atoms with Crippen molar-refractivity contribution in [3.63, 3.8) is 0 Å². The number of carbonyl (C=O) groups is 1. The number of amides is 1. The highest BCUT2D eigenvalue weighted by Crippen LogP contribution is 2.59. The van der Waals surface area contributed by atoms with E-state index >= 15 is 0 Å². The largest absolute Gasteiger partial charge is 0.376 e. The van der Waals surface area contributed by atoms with Crippen LogP contribution in [0.1, 0.15) is 37.7 Å². The number of hydrogen-bond donors (Lipinski definition) is 1. The predicted molar refractivity (Wildman–Crippen MR) is 101 cm³/mol. The van der Waals surface area contributed by atoms with Gasteiger partial charge < -0.3 is 15.0 Å². The topological polar surface area (TPSA) is 41.6 Å². The van der Waals surface area contributed by atoms with Gasteiger partial charge in [0.2, 0.25) is 5.91 Å². The van der Waals surface area contributed by atoms with E-state index in [4.69, 9.17) is 4.74 Å². The van der Waals surface area contributed by atoms with Gasteiger partial charge in [-0.1, -0.05) is 30.3 Å². The number of nitrogens with one attached hydrogen (secondary N) is 1. The first-order valence-corrected chi connectivity index (χ1v) is 9.42. The van der Waals surface area contributed by atoms with Gasteiger partial charge in [0.1, 0.15) is 0 Å². The Morgan fingerprint density at radius 3 is 2.68 bits per heavy atom. The first-order valence-electron chi connectivity index (χ1n) is 9.42. The van der Waals surface area contributed by atoms with Crippen LogP contribution in [0.3, 0.4) is 0 Å². The van der Waals surface area contributed by atoms with E-state index < -0.39 is 0 Å². The molecule has 2 saturated heterocycles. The van der Waals surface area contributed by atoms with E-state index in [1.807, 2.05) is 6.07 Å². The number of benzene rings is 1. The van der Waals surface area contributed by atoms with Crippen molar-refractivity contribution < 1.29 is 9.53 Å². The second-order valence-electron chi connectivity index (χ2n) is 7.71. The van der Waals surface area contributed by atoms with Crippen LogP contribution >= 0.6 is 12.4 Å². The number of carbonyl (C=O) groups excluding carboxylic acids is 1. The van der Waals surface area contributed by atoms with Crippen molar-refractivity contribution in [1.82, 2.24) is 10.2 Å². The van der Waals surface area contributed by atoms with Gasteiger partial charge in [-0.05, 0) is 56.2 Å². The fourth-order valence-corrected chi connectivity index (χ4v) is 4.46. The molecule has 4 nitrogen and oxygen atoms in total. The summed E-state index contributed by atoms with van der Waals surface area (Å²) in [7, 11) is 0.